The van der Waals surface area contributed by atoms with E-state index in [1.54, 1.807) is 30.7 Å². The standard InChI is InChI=1S/C24H24N6O4/c1-14-20(17-3-7-27-34-17)21(29-28-14)23(32)30-8-4-24(5-9-30)11-16(24)12-26-22(31)18-10-15-2-6-25-13-19(15)33-18/h2-3,6-7,10,13,16H,4-5,8-9,11-12H2,1H3,(H,26,31)(H,28,29). The van der Waals surface area contributed by atoms with Crippen LogP contribution in [-0.4, -0.2) is 56.7 Å². The first-order valence-electron chi connectivity index (χ1n) is 11.4. The number of piperidine rings is 1. The third-order valence-electron chi connectivity index (χ3n) is 7.30. The topological polar surface area (TPSA) is 130 Å². The summed E-state index contributed by atoms with van der Waals surface area (Å²) in [5.41, 5.74) is 2.59. The van der Waals surface area contributed by atoms with Crippen LogP contribution in [0.5, 0.6) is 0 Å². The summed E-state index contributed by atoms with van der Waals surface area (Å²) in [4.78, 5) is 31.6. The van der Waals surface area contributed by atoms with E-state index >= 15 is 0 Å². The molecule has 1 unspecified atom stereocenters. The van der Waals surface area contributed by atoms with Gasteiger partial charge in [0.15, 0.2) is 22.8 Å². The van der Waals surface area contributed by atoms with Gasteiger partial charge in [-0.25, -0.2) is 0 Å². The number of fused-ring (bicyclic) bond motifs is 1. The molecule has 34 heavy (non-hydrogen) atoms. The van der Waals surface area contributed by atoms with Crippen LogP contribution < -0.4 is 5.32 Å². The second-order valence-electron chi connectivity index (χ2n) is 9.24. The molecule has 1 saturated heterocycles. The molecule has 1 aliphatic heterocycles. The van der Waals surface area contributed by atoms with Crippen LogP contribution in [0.4, 0.5) is 0 Å². The second-order valence-corrected chi connectivity index (χ2v) is 9.24. The van der Waals surface area contributed by atoms with E-state index < -0.39 is 0 Å². The molecule has 2 aliphatic rings. The summed E-state index contributed by atoms with van der Waals surface area (Å²) >= 11 is 0. The highest BCUT2D eigenvalue weighted by Gasteiger charge is 2.55. The Bertz CT molecular complexity index is 1330. The zero-order chi connectivity index (χ0) is 23.3. The van der Waals surface area contributed by atoms with Crippen LogP contribution >= 0.6 is 0 Å². The molecule has 1 saturated carbocycles. The van der Waals surface area contributed by atoms with Crippen molar-refractivity contribution in [3.05, 3.63) is 53.9 Å². The number of rotatable bonds is 5. The summed E-state index contributed by atoms with van der Waals surface area (Å²) in [6.45, 7) is 3.80. The number of likely N-dealkylation sites (tertiary alicyclic amines) is 1. The molecule has 0 radical (unpaired) electrons. The van der Waals surface area contributed by atoms with Crippen molar-refractivity contribution < 1.29 is 18.5 Å². The Kier molecular flexibility index (Phi) is 4.75. The van der Waals surface area contributed by atoms with Gasteiger partial charge >= 0.3 is 0 Å². The Labute approximate surface area is 194 Å². The maximum atomic E-state index is 13.2. The number of amides is 2. The Morgan fingerprint density at radius 2 is 2.12 bits per heavy atom. The molecule has 10 nitrogen and oxygen atoms in total. The quantitative estimate of drug-likeness (QED) is 0.468. The van der Waals surface area contributed by atoms with Crippen molar-refractivity contribution in [2.75, 3.05) is 19.6 Å². The van der Waals surface area contributed by atoms with Gasteiger partial charge in [-0.15, -0.1) is 0 Å². The number of H-pyrrole nitrogens is 1. The number of pyridine rings is 1. The lowest BCUT2D eigenvalue weighted by Gasteiger charge is -2.32. The lowest BCUT2D eigenvalue weighted by molar-refractivity contribution is 0.0663. The van der Waals surface area contributed by atoms with Crippen LogP contribution in [-0.2, 0) is 0 Å². The van der Waals surface area contributed by atoms with Gasteiger partial charge in [0.2, 0.25) is 0 Å². The average Bonchev–Trinajstić information content (AvgIpc) is 3.31. The third-order valence-corrected chi connectivity index (χ3v) is 7.30. The van der Waals surface area contributed by atoms with Gasteiger partial charge in [-0.3, -0.25) is 19.7 Å². The first-order chi connectivity index (χ1) is 16.5. The van der Waals surface area contributed by atoms with Crippen molar-refractivity contribution >= 4 is 22.8 Å². The van der Waals surface area contributed by atoms with Crippen LogP contribution in [0.25, 0.3) is 22.3 Å². The van der Waals surface area contributed by atoms with E-state index in [-0.39, 0.29) is 17.2 Å². The minimum atomic E-state index is -0.209. The molecule has 4 aromatic rings. The molecule has 0 bridgehead atoms. The van der Waals surface area contributed by atoms with E-state index in [1.807, 2.05) is 17.9 Å². The molecular weight excluding hydrogens is 436 g/mol. The van der Waals surface area contributed by atoms with Gasteiger partial charge in [0.05, 0.1) is 18.0 Å². The minimum absolute atomic E-state index is 0.101. The Hall–Kier alpha value is -3.95. The summed E-state index contributed by atoms with van der Waals surface area (Å²) < 4.78 is 10.9. The molecule has 2 N–H and O–H groups in total. The molecule has 4 aromatic heterocycles. The summed E-state index contributed by atoms with van der Waals surface area (Å²) in [7, 11) is 0. The van der Waals surface area contributed by atoms with Crippen LogP contribution in [0.1, 0.15) is 46.0 Å². The normalized spacial score (nSPS) is 19.0. The summed E-state index contributed by atoms with van der Waals surface area (Å²) in [5.74, 6) is 0.934. The molecule has 5 heterocycles. The van der Waals surface area contributed by atoms with Gasteiger partial charge in [0, 0.05) is 43.0 Å². The van der Waals surface area contributed by atoms with Gasteiger partial charge in [-0.1, -0.05) is 5.16 Å². The number of nitrogens with one attached hydrogen (secondary N) is 2. The Morgan fingerprint density at radius 3 is 2.88 bits per heavy atom. The number of hydrogen-bond acceptors (Lipinski definition) is 7. The fraction of sp³-hybridized carbons (Fsp3) is 0.375. The van der Waals surface area contributed by atoms with Gasteiger partial charge in [0.25, 0.3) is 11.8 Å². The molecular formula is C24H24N6O4. The lowest BCUT2D eigenvalue weighted by atomic mass is 9.90. The molecule has 10 heteroatoms. The molecule has 1 atom stereocenters. The molecule has 0 aromatic carbocycles. The van der Waals surface area contributed by atoms with E-state index in [2.05, 4.69) is 25.7 Å². The molecule has 174 valence electrons. The van der Waals surface area contributed by atoms with E-state index in [0.29, 0.717) is 53.9 Å². The summed E-state index contributed by atoms with van der Waals surface area (Å²) in [6.07, 6.45) is 7.72. The van der Waals surface area contributed by atoms with E-state index in [0.717, 1.165) is 30.3 Å². The molecule has 2 amide bonds. The summed E-state index contributed by atoms with van der Waals surface area (Å²) in [6, 6.07) is 5.29. The van der Waals surface area contributed by atoms with E-state index in [4.69, 9.17) is 8.94 Å². The Morgan fingerprint density at radius 1 is 1.26 bits per heavy atom. The number of hydrogen-bond donors (Lipinski definition) is 2. The van der Waals surface area contributed by atoms with Crippen LogP contribution in [0.15, 0.2) is 45.7 Å². The predicted octanol–water partition coefficient (Wildman–Crippen LogP) is 3.19. The SMILES string of the molecule is Cc1[nH]nc(C(=O)N2CCC3(CC2)CC3CNC(=O)c2cc3ccncc3o2)c1-c1ccno1. The number of aromatic amines is 1. The molecule has 1 aliphatic carbocycles. The van der Waals surface area contributed by atoms with Crippen LogP contribution in [0.3, 0.4) is 0 Å². The van der Waals surface area contributed by atoms with Crippen molar-refractivity contribution in [1.29, 1.82) is 0 Å². The van der Waals surface area contributed by atoms with Gasteiger partial charge in [-0.2, -0.15) is 5.10 Å². The number of nitrogens with zero attached hydrogens (tertiary/aromatic N) is 4. The molecule has 1 spiro atoms. The van der Waals surface area contributed by atoms with Crippen molar-refractivity contribution in [3.63, 3.8) is 0 Å². The highest BCUT2D eigenvalue weighted by atomic mass is 16.5. The predicted molar refractivity (Wildman–Crippen MR) is 121 cm³/mol. The smallest absolute Gasteiger partial charge is 0.287 e. The van der Waals surface area contributed by atoms with Gasteiger partial charge < -0.3 is 19.2 Å². The van der Waals surface area contributed by atoms with Crippen molar-refractivity contribution in [2.45, 2.75) is 26.2 Å². The van der Waals surface area contributed by atoms with Crippen molar-refractivity contribution in [2.24, 2.45) is 11.3 Å². The fourth-order valence-electron chi connectivity index (χ4n) is 5.17. The zero-order valence-corrected chi connectivity index (χ0v) is 18.7. The van der Waals surface area contributed by atoms with E-state index in [9.17, 15) is 9.59 Å². The fourth-order valence-corrected chi connectivity index (χ4v) is 5.17. The molecule has 2 fully saturated rings. The van der Waals surface area contributed by atoms with Crippen molar-refractivity contribution in [1.82, 2.24) is 30.6 Å². The number of aromatic nitrogens is 4. The summed E-state index contributed by atoms with van der Waals surface area (Å²) in [5, 5.41) is 14.8. The number of furan rings is 1. The first kappa shape index (κ1) is 20.6. The largest absolute Gasteiger partial charge is 0.449 e. The third kappa shape index (κ3) is 3.46. The Balaban J connectivity index is 1.05. The number of carbonyl (C=O) groups excluding carboxylic acids is 2. The number of carbonyl (C=O) groups is 2. The van der Waals surface area contributed by atoms with E-state index in [1.165, 1.54) is 0 Å². The first-order valence-corrected chi connectivity index (χ1v) is 11.4. The number of aryl methyl sites for hydroxylation is 1. The van der Waals surface area contributed by atoms with Crippen LogP contribution in [0.2, 0.25) is 0 Å². The zero-order valence-electron chi connectivity index (χ0n) is 18.7. The lowest BCUT2D eigenvalue weighted by Crippen LogP contribution is -2.40. The van der Waals surface area contributed by atoms with Gasteiger partial charge in [-0.05, 0) is 49.7 Å². The highest BCUT2D eigenvalue weighted by Crippen LogP contribution is 2.59. The maximum Gasteiger partial charge on any atom is 0.287 e. The highest BCUT2D eigenvalue weighted by molar-refractivity contribution is 5.99. The minimum Gasteiger partial charge on any atom is -0.449 e. The average molecular weight is 460 g/mol. The van der Waals surface area contributed by atoms with Crippen LogP contribution in [0, 0.1) is 18.3 Å². The van der Waals surface area contributed by atoms with Crippen molar-refractivity contribution in [3.8, 4) is 11.3 Å². The second kappa shape index (κ2) is 7.82. The molecule has 6 rings (SSSR count). The van der Waals surface area contributed by atoms with Gasteiger partial charge in [0.1, 0.15) is 0 Å². The monoisotopic (exact) mass is 460 g/mol. The maximum absolute atomic E-state index is 13.2.